The highest BCUT2D eigenvalue weighted by Crippen LogP contribution is 2.25. The van der Waals surface area contributed by atoms with Gasteiger partial charge in [0.1, 0.15) is 5.75 Å². The van der Waals surface area contributed by atoms with Gasteiger partial charge < -0.3 is 15.4 Å². The first kappa shape index (κ1) is 18.3. The average Bonchev–Trinajstić information content (AvgIpc) is 3.44. The minimum Gasteiger partial charge on any atom is -0.490 e. The van der Waals surface area contributed by atoms with Gasteiger partial charge in [-0.25, -0.2) is 0 Å². The van der Waals surface area contributed by atoms with Gasteiger partial charge in [0.05, 0.1) is 12.6 Å². The fraction of sp³-hybridized carbons (Fsp3) is 0.619. The molecule has 1 heterocycles. The van der Waals surface area contributed by atoms with E-state index in [2.05, 4.69) is 15.5 Å². The number of ether oxygens (including phenoxy) is 1. The molecule has 3 aliphatic rings. The predicted molar refractivity (Wildman–Crippen MR) is 103 cm³/mol. The Bertz CT molecular complexity index is 660. The summed E-state index contributed by atoms with van der Waals surface area (Å²) in [7, 11) is 0. The minimum atomic E-state index is -0.0323. The number of nitrogens with zero attached hydrogens (tertiary/aromatic N) is 1. The van der Waals surface area contributed by atoms with Crippen LogP contribution in [-0.2, 0) is 4.79 Å². The first-order valence-corrected chi connectivity index (χ1v) is 10.2. The summed E-state index contributed by atoms with van der Waals surface area (Å²) < 4.78 is 5.84. The van der Waals surface area contributed by atoms with Crippen molar-refractivity contribution in [3.8, 4) is 5.75 Å². The molecule has 2 amide bonds. The third kappa shape index (κ3) is 5.22. The van der Waals surface area contributed by atoms with E-state index in [0.717, 1.165) is 57.4 Å². The van der Waals surface area contributed by atoms with Gasteiger partial charge in [0.15, 0.2) is 0 Å². The van der Waals surface area contributed by atoms with Crippen molar-refractivity contribution in [2.75, 3.05) is 19.6 Å². The first-order chi connectivity index (χ1) is 13.2. The molecule has 6 nitrogen and oxygen atoms in total. The van der Waals surface area contributed by atoms with Crippen LogP contribution in [0.4, 0.5) is 0 Å². The molecule has 27 heavy (non-hydrogen) atoms. The van der Waals surface area contributed by atoms with Crippen molar-refractivity contribution in [1.29, 1.82) is 0 Å². The number of nitrogens with one attached hydrogen (secondary N) is 2. The molecule has 0 bridgehead atoms. The van der Waals surface area contributed by atoms with Gasteiger partial charge in [0.25, 0.3) is 5.91 Å². The Morgan fingerprint density at radius 1 is 0.926 bits per heavy atom. The number of carbonyl (C=O) groups is 2. The van der Waals surface area contributed by atoms with Gasteiger partial charge in [0.2, 0.25) is 5.91 Å². The lowest BCUT2D eigenvalue weighted by molar-refractivity contribution is -0.122. The maximum Gasteiger partial charge on any atom is 0.251 e. The molecule has 1 aromatic rings. The zero-order valence-electron chi connectivity index (χ0n) is 15.8. The molecule has 4 rings (SSSR count). The summed E-state index contributed by atoms with van der Waals surface area (Å²) in [6, 6.07) is 8.02. The van der Waals surface area contributed by atoms with Crippen LogP contribution in [0.25, 0.3) is 0 Å². The highest BCUT2D eigenvalue weighted by molar-refractivity contribution is 5.94. The van der Waals surface area contributed by atoms with Crippen molar-refractivity contribution in [2.24, 2.45) is 0 Å². The summed E-state index contributed by atoms with van der Waals surface area (Å²) in [6.07, 6.45) is 7.85. The first-order valence-electron chi connectivity index (χ1n) is 10.2. The molecule has 0 radical (unpaired) electrons. The van der Waals surface area contributed by atoms with E-state index in [9.17, 15) is 9.59 Å². The summed E-state index contributed by atoms with van der Waals surface area (Å²) in [5, 5.41) is 6.16. The van der Waals surface area contributed by atoms with E-state index in [1.807, 2.05) is 24.3 Å². The number of hydrogen-bond donors (Lipinski definition) is 2. The highest BCUT2D eigenvalue weighted by atomic mass is 16.5. The number of hydrogen-bond acceptors (Lipinski definition) is 4. The van der Waals surface area contributed by atoms with E-state index in [-0.39, 0.29) is 17.9 Å². The molecule has 2 N–H and O–H groups in total. The second kappa shape index (κ2) is 8.30. The highest BCUT2D eigenvalue weighted by Gasteiger charge is 2.26. The number of likely N-dealkylation sites (tertiary alicyclic amines) is 1. The van der Waals surface area contributed by atoms with Crippen molar-refractivity contribution < 1.29 is 14.3 Å². The molecule has 0 spiro atoms. The Morgan fingerprint density at radius 2 is 1.59 bits per heavy atom. The lowest BCUT2D eigenvalue weighted by Crippen LogP contribution is -2.47. The third-order valence-corrected chi connectivity index (χ3v) is 5.70. The summed E-state index contributed by atoms with van der Waals surface area (Å²) >= 11 is 0. The zero-order chi connectivity index (χ0) is 18.6. The number of carbonyl (C=O) groups excluding carboxylic acids is 2. The largest absolute Gasteiger partial charge is 0.490 e. The molecule has 0 atom stereocenters. The SMILES string of the molecule is O=C(CN1CCC(NC(=O)c2ccc(OC3CCC3)cc2)CC1)NC1CC1. The average molecular weight is 371 g/mol. The second-order valence-corrected chi connectivity index (χ2v) is 8.06. The quantitative estimate of drug-likeness (QED) is 0.770. The van der Waals surface area contributed by atoms with Crippen molar-refractivity contribution in [3.05, 3.63) is 29.8 Å². The van der Waals surface area contributed by atoms with Crippen molar-refractivity contribution in [1.82, 2.24) is 15.5 Å². The fourth-order valence-corrected chi connectivity index (χ4v) is 3.57. The lowest BCUT2D eigenvalue weighted by Gasteiger charge is -2.31. The Morgan fingerprint density at radius 3 is 2.19 bits per heavy atom. The Balaban J connectivity index is 1.19. The molecule has 1 saturated heterocycles. The molecule has 2 saturated carbocycles. The van der Waals surface area contributed by atoms with Crippen LogP contribution < -0.4 is 15.4 Å². The monoisotopic (exact) mass is 371 g/mol. The van der Waals surface area contributed by atoms with Gasteiger partial charge in [-0.1, -0.05) is 0 Å². The van der Waals surface area contributed by atoms with E-state index < -0.39 is 0 Å². The molecule has 6 heteroatoms. The van der Waals surface area contributed by atoms with Crippen LogP contribution in [0.2, 0.25) is 0 Å². The summed E-state index contributed by atoms with van der Waals surface area (Å²) in [5.74, 6) is 0.938. The van der Waals surface area contributed by atoms with Crippen molar-refractivity contribution in [2.45, 2.75) is 63.1 Å². The molecular formula is C21H29N3O3. The van der Waals surface area contributed by atoms with E-state index in [1.165, 1.54) is 6.42 Å². The summed E-state index contributed by atoms with van der Waals surface area (Å²) in [5.41, 5.74) is 0.669. The van der Waals surface area contributed by atoms with Crippen molar-refractivity contribution in [3.63, 3.8) is 0 Å². The van der Waals surface area contributed by atoms with E-state index in [1.54, 1.807) is 0 Å². The van der Waals surface area contributed by atoms with Crippen LogP contribution in [0, 0.1) is 0 Å². The standard InChI is InChI=1S/C21H29N3O3/c25-20(22-16-6-7-16)14-24-12-10-17(11-13-24)23-21(26)15-4-8-19(9-5-15)27-18-2-1-3-18/h4-5,8-9,16-18H,1-3,6-7,10-14H2,(H,22,25)(H,23,26). The van der Waals surface area contributed by atoms with Gasteiger partial charge in [-0.05, 0) is 69.2 Å². The van der Waals surface area contributed by atoms with Crippen LogP contribution in [0.1, 0.15) is 55.3 Å². The summed E-state index contributed by atoms with van der Waals surface area (Å²) in [6.45, 7) is 2.16. The van der Waals surface area contributed by atoms with E-state index in [4.69, 9.17) is 4.74 Å². The molecule has 1 aliphatic heterocycles. The third-order valence-electron chi connectivity index (χ3n) is 5.70. The molecule has 1 aromatic carbocycles. The molecule has 0 aromatic heterocycles. The van der Waals surface area contributed by atoms with Gasteiger partial charge in [-0.2, -0.15) is 0 Å². The Labute approximate surface area is 160 Å². The zero-order valence-corrected chi connectivity index (χ0v) is 15.8. The topological polar surface area (TPSA) is 70.7 Å². The van der Waals surface area contributed by atoms with Gasteiger partial charge in [-0.15, -0.1) is 0 Å². The molecule has 0 unspecified atom stereocenters. The molecular weight excluding hydrogens is 342 g/mol. The number of benzene rings is 1. The maximum absolute atomic E-state index is 12.5. The van der Waals surface area contributed by atoms with Crippen LogP contribution in [0.3, 0.4) is 0 Å². The van der Waals surface area contributed by atoms with Crippen LogP contribution >= 0.6 is 0 Å². The van der Waals surface area contributed by atoms with E-state index >= 15 is 0 Å². The van der Waals surface area contributed by atoms with Gasteiger partial charge >= 0.3 is 0 Å². The Hall–Kier alpha value is -2.08. The number of amides is 2. The predicted octanol–water partition coefficient (Wildman–Crippen LogP) is 2.09. The summed E-state index contributed by atoms with van der Waals surface area (Å²) in [4.78, 5) is 26.5. The molecule has 3 fully saturated rings. The fourth-order valence-electron chi connectivity index (χ4n) is 3.57. The lowest BCUT2D eigenvalue weighted by atomic mass is 9.96. The van der Waals surface area contributed by atoms with E-state index in [0.29, 0.717) is 24.3 Å². The van der Waals surface area contributed by atoms with Crippen LogP contribution in [0.5, 0.6) is 5.75 Å². The second-order valence-electron chi connectivity index (χ2n) is 8.06. The normalized spacial score (nSPS) is 21.3. The number of piperidine rings is 1. The maximum atomic E-state index is 12.5. The smallest absolute Gasteiger partial charge is 0.251 e. The number of rotatable bonds is 7. The van der Waals surface area contributed by atoms with Gasteiger partial charge in [-0.3, -0.25) is 14.5 Å². The molecule has 146 valence electrons. The molecule has 2 aliphatic carbocycles. The van der Waals surface area contributed by atoms with Crippen molar-refractivity contribution >= 4 is 11.8 Å². The minimum absolute atomic E-state index is 0.0323. The van der Waals surface area contributed by atoms with Gasteiger partial charge in [0, 0.05) is 30.7 Å². The van der Waals surface area contributed by atoms with Crippen LogP contribution in [-0.4, -0.2) is 54.5 Å². The van der Waals surface area contributed by atoms with Crippen LogP contribution in [0.15, 0.2) is 24.3 Å². The Kier molecular flexibility index (Phi) is 5.62.